The molecule has 0 aliphatic carbocycles. The number of nitrogens with one attached hydrogen (secondary N) is 1. The molecule has 1 unspecified atom stereocenters. The number of ether oxygens (including phenoxy) is 2. The summed E-state index contributed by atoms with van der Waals surface area (Å²) in [5.41, 5.74) is 1.59. The fourth-order valence-corrected chi connectivity index (χ4v) is 2.79. The van der Waals surface area contributed by atoms with Crippen LogP contribution in [-0.4, -0.2) is 62.4 Å². The first-order valence-electron chi connectivity index (χ1n) is 9.32. The minimum absolute atomic E-state index is 0.0505. The van der Waals surface area contributed by atoms with Gasteiger partial charge >= 0.3 is 6.09 Å². The molecule has 7 nitrogen and oxygen atoms in total. The molecule has 7 heteroatoms. The molecule has 1 aromatic carbocycles. The fourth-order valence-electron chi connectivity index (χ4n) is 2.79. The van der Waals surface area contributed by atoms with E-state index in [0.29, 0.717) is 0 Å². The molecule has 1 aromatic rings. The van der Waals surface area contributed by atoms with E-state index in [0.717, 1.165) is 37.6 Å². The van der Waals surface area contributed by atoms with E-state index < -0.39 is 11.7 Å². The summed E-state index contributed by atoms with van der Waals surface area (Å²) in [6, 6.07) is 8.02. The van der Waals surface area contributed by atoms with Gasteiger partial charge in [0, 0.05) is 25.8 Å². The van der Waals surface area contributed by atoms with Gasteiger partial charge < -0.3 is 24.6 Å². The first-order chi connectivity index (χ1) is 12.7. The average molecular weight is 377 g/mol. The van der Waals surface area contributed by atoms with E-state index in [9.17, 15) is 9.59 Å². The molecule has 1 fully saturated rings. The number of nitrogens with zero attached hydrogens (tertiary/aromatic N) is 2. The Hall–Kier alpha value is -2.28. The van der Waals surface area contributed by atoms with Gasteiger partial charge in [0.1, 0.15) is 12.1 Å². The number of benzene rings is 1. The molecule has 1 aliphatic heterocycles. The molecule has 1 N–H and O–H groups in total. The third-order valence-corrected chi connectivity index (χ3v) is 4.23. The highest BCUT2D eigenvalue weighted by atomic mass is 16.6. The Morgan fingerprint density at radius 1 is 1.22 bits per heavy atom. The Labute approximate surface area is 161 Å². The van der Waals surface area contributed by atoms with Crippen molar-refractivity contribution in [1.29, 1.82) is 0 Å². The zero-order valence-electron chi connectivity index (χ0n) is 16.9. The number of anilines is 1. The molecule has 1 aliphatic rings. The average Bonchev–Trinajstić information content (AvgIpc) is 2.61. The van der Waals surface area contributed by atoms with Crippen LogP contribution in [0.15, 0.2) is 24.3 Å². The van der Waals surface area contributed by atoms with Gasteiger partial charge in [-0.15, -0.1) is 0 Å². The standard InChI is InChI=1S/C20H31N3O4/c1-15(21-18(24)14-22(5)19(25)27-20(2,3)4)16-6-8-17(9-7-16)23-10-12-26-13-11-23/h6-9,15H,10-14H2,1-5H3,(H,21,24). The number of hydrogen-bond acceptors (Lipinski definition) is 5. The summed E-state index contributed by atoms with van der Waals surface area (Å²) in [7, 11) is 1.55. The molecule has 1 heterocycles. The highest BCUT2D eigenvalue weighted by Gasteiger charge is 2.21. The summed E-state index contributed by atoms with van der Waals surface area (Å²) in [6.07, 6.45) is -0.514. The van der Waals surface area contributed by atoms with Gasteiger partial charge in [0.2, 0.25) is 5.91 Å². The first kappa shape index (κ1) is 21.0. The number of carbonyl (C=O) groups is 2. The van der Waals surface area contributed by atoms with E-state index in [1.807, 2.05) is 19.1 Å². The Morgan fingerprint density at radius 2 is 1.81 bits per heavy atom. The minimum atomic E-state index is -0.586. The normalized spacial score (nSPS) is 15.8. The van der Waals surface area contributed by atoms with Crippen LogP contribution in [0.3, 0.4) is 0 Å². The van der Waals surface area contributed by atoms with Crippen molar-refractivity contribution in [3.63, 3.8) is 0 Å². The topological polar surface area (TPSA) is 71.1 Å². The second-order valence-electron chi connectivity index (χ2n) is 7.82. The van der Waals surface area contributed by atoms with E-state index in [-0.39, 0.29) is 18.5 Å². The van der Waals surface area contributed by atoms with Crippen LogP contribution in [-0.2, 0) is 14.3 Å². The molecule has 2 rings (SSSR count). The number of rotatable bonds is 5. The number of amides is 2. The lowest BCUT2D eigenvalue weighted by atomic mass is 10.1. The second kappa shape index (κ2) is 9.08. The minimum Gasteiger partial charge on any atom is -0.444 e. The summed E-state index contributed by atoms with van der Waals surface area (Å²) < 4.78 is 10.6. The van der Waals surface area contributed by atoms with E-state index >= 15 is 0 Å². The smallest absolute Gasteiger partial charge is 0.410 e. The summed E-state index contributed by atoms with van der Waals surface area (Å²) in [4.78, 5) is 27.7. The van der Waals surface area contributed by atoms with Crippen LogP contribution in [0.2, 0.25) is 0 Å². The summed E-state index contributed by atoms with van der Waals surface area (Å²) >= 11 is 0. The van der Waals surface area contributed by atoms with Crippen molar-refractivity contribution in [3.8, 4) is 0 Å². The number of carbonyl (C=O) groups excluding carboxylic acids is 2. The van der Waals surface area contributed by atoms with Gasteiger partial charge in [0.15, 0.2) is 0 Å². The van der Waals surface area contributed by atoms with Crippen molar-refractivity contribution in [2.45, 2.75) is 39.3 Å². The van der Waals surface area contributed by atoms with Crippen molar-refractivity contribution >= 4 is 17.7 Å². The molecule has 1 atom stereocenters. The van der Waals surface area contributed by atoms with Gasteiger partial charge in [-0.1, -0.05) is 12.1 Å². The van der Waals surface area contributed by atoms with Crippen LogP contribution < -0.4 is 10.2 Å². The SMILES string of the molecule is CC(NC(=O)CN(C)C(=O)OC(C)(C)C)c1ccc(N2CCOCC2)cc1. The van der Waals surface area contributed by atoms with E-state index in [1.165, 1.54) is 4.90 Å². The number of morpholine rings is 1. The lowest BCUT2D eigenvalue weighted by molar-refractivity contribution is -0.122. The largest absolute Gasteiger partial charge is 0.444 e. The van der Waals surface area contributed by atoms with Crippen molar-refractivity contribution in [2.24, 2.45) is 0 Å². The molecule has 0 aromatic heterocycles. The van der Waals surface area contributed by atoms with Crippen molar-refractivity contribution < 1.29 is 19.1 Å². The van der Waals surface area contributed by atoms with Crippen molar-refractivity contribution in [3.05, 3.63) is 29.8 Å². The molecule has 0 radical (unpaired) electrons. The van der Waals surface area contributed by atoms with Crippen LogP contribution in [0.1, 0.15) is 39.3 Å². The van der Waals surface area contributed by atoms with Gasteiger partial charge in [0.25, 0.3) is 0 Å². The molecule has 0 bridgehead atoms. The maximum atomic E-state index is 12.2. The molecule has 27 heavy (non-hydrogen) atoms. The van der Waals surface area contributed by atoms with Gasteiger partial charge in [-0.05, 0) is 45.4 Å². The van der Waals surface area contributed by atoms with Gasteiger partial charge in [0.05, 0.1) is 19.3 Å². The zero-order valence-corrected chi connectivity index (χ0v) is 16.9. The second-order valence-corrected chi connectivity index (χ2v) is 7.82. The molecular formula is C20H31N3O4. The van der Waals surface area contributed by atoms with Gasteiger partial charge in [-0.3, -0.25) is 4.79 Å². The van der Waals surface area contributed by atoms with Crippen LogP contribution in [0.5, 0.6) is 0 Å². The van der Waals surface area contributed by atoms with Crippen LogP contribution in [0.4, 0.5) is 10.5 Å². The molecule has 150 valence electrons. The highest BCUT2D eigenvalue weighted by molar-refractivity contribution is 5.82. The molecule has 0 spiro atoms. The van der Waals surface area contributed by atoms with Crippen LogP contribution in [0, 0.1) is 0 Å². The lowest BCUT2D eigenvalue weighted by Gasteiger charge is -2.29. The van der Waals surface area contributed by atoms with Crippen molar-refractivity contribution in [2.75, 3.05) is 44.8 Å². The first-order valence-corrected chi connectivity index (χ1v) is 9.32. The van der Waals surface area contributed by atoms with Crippen LogP contribution in [0.25, 0.3) is 0 Å². The number of hydrogen-bond donors (Lipinski definition) is 1. The molecule has 0 saturated carbocycles. The monoisotopic (exact) mass is 377 g/mol. The summed E-state index contributed by atoms with van der Waals surface area (Å²) in [6.45, 7) is 10.5. The highest BCUT2D eigenvalue weighted by Crippen LogP contribution is 2.20. The number of likely N-dealkylation sites (N-methyl/N-ethyl adjacent to an activating group) is 1. The van der Waals surface area contributed by atoms with E-state index in [2.05, 4.69) is 22.3 Å². The summed E-state index contributed by atoms with van der Waals surface area (Å²) in [5, 5.41) is 2.92. The van der Waals surface area contributed by atoms with Crippen molar-refractivity contribution in [1.82, 2.24) is 10.2 Å². The van der Waals surface area contributed by atoms with E-state index in [1.54, 1.807) is 27.8 Å². The van der Waals surface area contributed by atoms with Crippen LogP contribution >= 0.6 is 0 Å². The maximum Gasteiger partial charge on any atom is 0.410 e. The van der Waals surface area contributed by atoms with Gasteiger partial charge in [-0.2, -0.15) is 0 Å². The molecule has 1 saturated heterocycles. The third-order valence-electron chi connectivity index (χ3n) is 4.23. The zero-order chi connectivity index (χ0) is 20.0. The third kappa shape index (κ3) is 6.75. The van der Waals surface area contributed by atoms with Gasteiger partial charge in [-0.25, -0.2) is 4.79 Å². The Kier molecular flexibility index (Phi) is 7.07. The van der Waals surface area contributed by atoms with E-state index in [4.69, 9.17) is 9.47 Å². The Bertz CT molecular complexity index is 634. The fraction of sp³-hybridized carbons (Fsp3) is 0.600. The predicted octanol–water partition coefficient (Wildman–Crippen LogP) is 2.57. The Balaban J connectivity index is 1.85. The summed E-state index contributed by atoms with van der Waals surface area (Å²) in [5.74, 6) is -0.229. The lowest BCUT2D eigenvalue weighted by Crippen LogP contribution is -2.41. The maximum absolute atomic E-state index is 12.2. The Morgan fingerprint density at radius 3 is 2.37 bits per heavy atom. The molecular weight excluding hydrogens is 346 g/mol. The quantitative estimate of drug-likeness (QED) is 0.854. The molecule has 2 amide bonds. The predicted molar refractivity (Wildman–Crippen MR) is 105 cm³/mol.